The first-order valence-electron chi connectivity index (χ1n) is 8.66. The Kier molecular flexibility index (Phi) is 4.21. The maximum absolute atomic E-state index is 12.1. The maximum atomic E-state index is 12.1. The molecule has 5 heteroatoms. The van der Waals surface area contributed by atoms with Crippen molar-refractivity contribution < 1.29 is 4.79 Å². The molecule has 1 N–H and O–H groups in total. The average Bonchev–Trinajstić information content (AvgIpc) is 3.00. The lowest BCUT2D eigenvalue weighted by Crippen LogP contribution is -2.41. The summed E-state index contributed by atoms with van der Waals surface area (Å²) in [6.07, 6.45) is 8.43. The molecule has 0 unspecified atom stereocenters. The lowest BCUT2D eigenvalue weighted by atomic mass is 9.90. The van der Waals surface area contributed by atoms with Crippen LogP contribution in [0.25, 0.3) is 10.2 Å². The first-order valence-corrected chi connectivity index (χ1v) is 9.54. The second-order valence-corrected chi connectivity index (χ2v) is 7.71. The third-order valence-corrected chi connectivity index (χ3v) is 6.15. The predicted molar refractivity (Wildman–Crippen MR) is 95.0 cm³/mol. The number of nitrogens with one attached hydrogen (secondary N) is 1. The molecule has 1 amide bonds. The van der Waals surface area contributed by atoms with Crippen LogP contribution in [0.2, 0.25) is 0 Å². The number of hydrogen-bond donors (Lipinski definition) is 1. The van der Waals surface area contributed by atoms with Crippen LogP contribution in [0.1, 0.15) is 38.5 Å². The first-order chi connectivity index (χ1) is 11.3. The number of pyridine rings is 1. The zero-order valence-corrected chi connectivity index (χ0v) is 14.1. The molecule has 23 heavy (non-hydrogen) atoms. The summed E-state index contributed by atoms with van der Waals surface area (Å²) in [5, 5.41) is 5.28. The van der Waals surface area contributed by atoms with Crippen molar-refractivity contribution >= 4 is 33.1 Å². The van der Waals surface area contributed by atoms with Gasteiger partial charge >= 0.3 is 0 Å². The van der Waals surface area contributed by atoms with Gasteiger partial charge in [-0.15, -0.1) is 11.3 Å². The molecular weight excluding hydrogens is 306 g/mol. The van der Waals surface area contributed by atoms with Gasteiger partial charge in [0.15, 0.2) is 0 Å². The summed E-state index contributed by atoms with van der Waals surface area (Å²) in [7, 11) is 0. The summed E-state index contributed by atoms with van der Waals surface area (Å²) in [5.41, 5.74) is 2.40. The van der Waals surface area contributed by atoms with Crippen LogP contribution in [0.4, 0.5) is 5.69 Å². The van der Waals surface area contributed by atoms with Crippen molar-refractivity contribution in [1.82, 2.24) is 10.3 Å². The zero-order chi connectivity index (χ0) is 15.6. The molecule has 0 radical (unpaired) electrons. The molecule has 0 aromatic carbocycles. The van der Waals surface area contributed by atoms with E-state index in [0.717, 1.165) is 31.4 Å². The minimum Gasteiger partial charge on any atom is -0.370 e. The van der Waals surface area contributed by atoms with Crippen LogP contribution in [0.5, 0.6) is 0 Å². The number of nitrogens with zero attached hydrogens (tertiary/aromatic N) is 2. The molecule has 2 aromatic rings. The SMILES string of the molecule is O=C(CC1CCN(c2ccnc3ccsc23)CC1)NC1CCC1. The summed E-state index contributed by atoms with van der Waals surface area (Å²) >= 11 is 1.77. The van der Waals surface area contributed by atoms with Crippen LogP contribution in [-0.2, 0) is 4.79 Å². The second kappa shape index (κ2) is 6.48. The lowest BCUT2D eigenvalue weighted by molar-refractivity contribution is -0.123. The van der Waals surface area contributed by atoms with Crippen molar-refractivity contribution in [3.63, 3.8) is 0 Å². The number of rotatable bonds is 4. The van der Waals surface area contributed by atoms with Crippen molar-refractivity contribution in [2.24, 2.45) is 5.92 Å². The molecule has 4 nitrogen and oxygen atoms in total. The first kappa shape index (κ1) is 14.9. The average molecular weight is 329 g/mol. The summed E-state index contributed by atoms with van der Waals surface area (Å²) < 4.78 is 1.29. The molecule has 1 aliphatic carbocycles. The van der Waals surface area contributed by atoms with Crippen LogP contribution in [0, 0.1) is 5.92 Å². The van der Waals surface area contributed by atoms with E-state index in [-0.39, 0.29) is 5.91 Å². The summed E-state index contributed by atoms with van der Waals surface area (Å²) in [5.74, 6) is 0.796. The molecule has 122 valence electrons. The van der Waals surface area contributed by atoms with Gasteiger partial charge in [0.05, 0.1) is 15.9 Å². The highest BCUT2D eigenvalue weighted by Gasteiger charge is 2.25. The number of amides is 1. The Hall–Kier alpha value is -1.62. The number of carbonyl (C=O) groups excluding carboxylic acids is 1. The highest BCUT2D eigenvalue weighted by atomic mass is 32.1. The van der Waals surface area contributed by atoms with Crippen LogP contribution in [0.15, 0.2) is 23.7 Å². The number of piperidine rings is 1. The number of carbonyl (C=O) groups is 1. The molecule has 0 atom stereocenters. The maximum Gasteiger partial charge on any atom is 0.220 e. The van der Waals surface area contributed by atoms with Crippen molar-refractivity contribution in [2.45, 2.75) is 44.6 Å². The lowest BCUT2D eigenvalue weighted by Gasteiger charge is -2.34. The van der Waals surface area contributed by atoms with E-state index < -0.39 is 0 Å². The number of aromatic nitrogens is 1. The van der Waals surface area contributed by atoms with Gasteiger partial charge in [0, 0.05) is 31.7 Å². The number of thiophene rings is 1. The predicted octanol–water partition coefficient (Wildman–Crippen LogP) is 3.57. The molecule has 4 rings (SSSR count). The van der Waals surface area contributed by atoms with Gasteiger partial charge in [-0.05, 0) is 55.5 Å². The van der Waals surface area contributed by atoms with Crippen molar-refractivity contribution in [3.8, 4) is 0 Å². The normalized spacial score (nSPS) is 19.7. The van der Waals surface area contributed by atoms with Crippen molar-refractivity contribution in [3.05, 3.63) is 23.7 Å². The molecule has 2 aliphatic rings. The topological polar surface area (TPSA) is 45.2 Å². The van der Waals surface area contributed by atoms with E-state index in [1.165, 1.54) is 29.6 Å². The minimum absolute atomic E-state index is 0.262. The van der Waals surface area contributed by atoms with Gasteiger partial charge in [-0.2, -0.15) is 0 Å². The van der Waals surface area contributed by atoms with Crippen LogP contribution in [0.3, 0.4) is 0 Å². The van der Waals surface area contributed by atoms with Crippen molar-refractivity contribution in [2.75, 3.05) is 18.0 Å². The number of fused-ring (bicyclic) bond motifs is 1. The molecule has 2 fully saturated rings. The fourth-order valence-corrected chi connectivity index (χ4v) is 4.48. The van der Waals surface area contributed by atoms with Gasteiger partial charge in [0.2, 0.25) is 5.91 Å². The van der Waals surface area contributed by atoms with Crippen LogP contribution >= 0.6 is 11.3 Å². The molecule has 1 aliphatic heterocycles. The molecule has 2 aromatic heterocycles. The standard InChI is InChI=1S/C18H23N3OS/c22-17(20-14-2-1-3-14)12-13-5-9-21(10-6-13)16-4-8-19-15-7-11-23-18(15)16/h4,7-8,11,13-14H,1-3,5-6,9-10,12H2,(H,20,22). The van der Waals surface area contributed by atoms with Crippen LogP contribution in [-0.4, -0.2) is 30.0 Å². The van der Waals surface area contributed by atoms with E-state index in [2.05, 4.69) is 32.7 Å². The second-order valence-electron chi connectivity index (χ2n) is 6.79. The molecule has 1 saturated carbocycles. The molecule has 0 bridgehead atoms. The largest absolute Gasteiger partial charge is 0.370 e. The summed E-state index contributed by atoms with van der Waals surface area (Å²) in [4.78, 5) is 19.0. The van der Waals surface area contributed by atoms with E-state index in [9.17, 15) is 4.79 Å². The fraction of sp³-hybridized carbons (Fsp3) is 0.556. The van der Waals surface area contributed by atoms with Crippen LogP contribution < -0.4 is 10.2 Å². The van der Waals surface area contributed by atoms with Gasteiger partial charge < -0.3 is 10.2 Å². The van der Waals surface area contributed by atoms with E-state index >= 15 is 0 Å². The van der Waals surface area contributed by atoms with E-state index in [4.69, 9.17) is 0 Å². The minimum atomic E-state index is 0.262. The number of hydrogen-bond acceptors (Lipinski definition) is 4. The van der Waals surface area contributed by atoms with Gasteiger partial charge in [-0.25, -0.2) is 0 Å². The Morgan fingerprint density at radius 3 is 2.83 bits per heavy atom. The van der Waals surface area contributed by atoms with Gasteiger partial charge in [0.1, 0.15) is 0 Å². The Morgan fingerprint density at radius 1 is 1.26 bits per heavy atom. The quantitative estimate of drug-likeness (QED) is 0.932. The van der Waals surface area contributed by atoms with Gasteiger partial charge in [-0.1, -0.05) is 0 Å². The monoisotopic (exact) mass is 329 g/mol. The third kappa shape index (κ3) is 3.20. The Balaban J connectivity index is 1.33. The summed E-state index contributed by atoms with van der Waals surface area (Å²) in [6.45, 7) is 2.08. The smallest absolute Gasteiger partial charge is 0.220 e. The van der Waals surface area contributed by atoms with E-state index in [1.807, 2.05) is 6.20 Å². The summed E-state index contributed by atoms with van der Waals surface area (Å²) in [6, 6.07) is 4.68. The van der Waals surface area contributed by atoms with E-state index in [1.54, 1.807) is 11.3 Å². The molecule has 3 heterocycles. The van der Waals surface area contributed by atoms with Gasteiger partial charge in [0.25, 0.3) is 0 Å². The molecule has 0 spiro atoms. The Morgan fingerprint density at radius 2 is 2.09 bits per heavy atom. The Bertz CT molecular complexity index is 686. The highest BCUT2D eigenvalue weighted by molar-refractivity contribution is 7.17. The van der Waals surface area contributed by atoms with Crippen molar-refractivity contribution in [1.29, 1.82) is 0 Å². The Labute approximate surface area is 140 Å². The number of anilines is 1. The fourth-order valence-electron chi connectivity index (χ4n) is 3.59. The third-order valence-electron chi connectivity index (χ3n) is 5.22. The van der Waals surface area contributed by atoms with E-state index in [0.29, 0.717) is 18.4 Å². The zero-order valence-electron chi connectivity index (χ0n) is 13.3. The highest BCUT2D eigenvalue weighted by Crippen LogP contribution is 2.33. The van der Waals surface area contributed by atoms with Gasteiger partial charge in [-0.3, -0.25) is 9.78 Å². The molecule has 1 saturated heterocycles. The molecular formula is C18H23N3OS.